The molecule has 1 saturated carbocycles. The van der Waals surface area contributed by atoms with Gasteiger partial charge in [0.05, 0.1) is 6.54 Å². The van der Waals surface area contributed by atoms with Gasteiger partial charge in [0.1, 0.15) is 0 Å². The zero-order valence-electron chi connectivity index (χ0n) is 10.2. The molecule has 0 aromatic heterocycles. The number of carbonyl (C=O) groups excluding carboxylic acids is 1. The fourth-order valence-electron chi connectivity index (χ4n) is 2.57. The van der Waals surface area contributed by atoms with Crippen LogP contribution in [0.25, 0.3) is 0 Å². The predicted octanol–water partition coefficient (Wildman–Crippen LogP) is 1.68. The lowest BCUT2D eigenvalue weighted by Crippen LogP contribution is -2.47. The molecule has 15 heavy (non-hydrogen) atoms. The maximum absolute atomic E-state index is 11.5. The molecule has 1 amide bonds. The summed E-state index contributed by atoms with van der Waals surface area (Å²) >= 11 is 0. The highest BCUT2D eigenvalue weighted by Crippen LogP contribution is 2.31. The van der Waals surface area contributed by atoms with Gasteiger partial charge in [0, 0.05) is 5.54 Å². The minimum absolute atomic E-state index is 0.0526. The van der Waals surface area contributed by atoms with E-state index in [1.165, 1.54) is 25.7 Å². The first kappa shape index (κ1) is 12.5. The molecule has 2 N–H and O–H groups in total. The predicted molar refractivity (Wildman–Crippen MR) is 62.7 cm³/mol. The lowest BCUT2D eigenvalue weighted by Gasteiger charge is -2.29. The van der Waals surface area contributed by atoms with Crippen LogP contribution in [0.4, 0.5) is 0 Å². The van der Waals surface area contributed by atoms with E-state index in [2.05, 4.69) is 24.5 Å². The van der Waals surface area contributed by atoms with Gasteiger partial charge in [0.15, 0.2) is 0 Å². The van der Waals surface area contributed by atoms with Crippen molar-refractivity contribution in [3.05, 3.63) is 0 Å². The highest BCUT2D eigenvalue weighted by atomic mass is 16.2. The Morgan fingerprint density at radius 3 is 2.47 bits per heavy atom. The number of amides is 1. The Hall–Kier alpha value is -0.570. The maximum Gasteiger partial charge on any atom is 0.234 e. The molecule has 0 radical (unpaired) electrons. The summed E-state index contributed by atoms with van der Waals surface area (Å²) in [4.78, 5) is 11.5. The molecule has 88 valence electrons. The molecule has 1 fully saturated rings. The van der Waals surface area contributed by atoms with Gasteiger partial charge in [-0.2, -0.15) is 0 Å². The Kier molecular flexibility index (Phi) is 4.58. The van der Waals surface area contributed by atoms with E-state index in [1.54, 1.807) is 7.05 Å². The average molecular weight is 212 g/mol. The Bertz CT molecular complexity index is 208. The minimum Gasteiger partial charge on any atom is -0.350 e. The molecular formula is C12H24N2O. The molecule has 0 heterocycles. The van der Waals surface area contributed by atoms with E-state index in [9.17, 15) is 4.79 Å². The van der Waals surface area contributed by atoms with E-state index >= 15 is 0 Å². The van der Waals surface area contributed by atoms with Gasteiger partial charge in [0.2, 0.25) is 5.91 Å². The topological polar surface area (TPSA) is 41.1 Å². The van der Waals surface area contributed by atoms with Crippen molar-refractivity contribution in [1.82, 2.24) is 10.6 Å². The van der Waals surface area contributed by atoms with E-state index in [0.717, 1.165) is 12.3 Å². The van der Waals surface area contributed by atoms with E-state index in [0.29, 0.717) is 6.54 Å². The number of likely N-dealkylation sites (N-methyl/N-ethyl adjacent to an activating group) is 1. The van der Waals surface area contributed by atoms with Gasteiger partial charge in [-0.3, -0.25) is 4.79 Å². The van der Waals surface area contributed by atoms with Gasteiger partial charge in [0.25, 0.3) is 0 Å². The lowest BCUT2D eigenvalue weighted by molar-refractivity contribution is -0.121. The summed E-state index contributed by atoms with van der Waals surface area (Å²) in [6, 6.07) is 0. The Morgan fingerprint density at radius 2 is 1.93 bits per heavy atom. The number of rotatable bonds is 5. The van der Waals surface area contributed by atoms with Crippen molar-refractivity contribution in [2.75, 3.05) is 13.6 Å². The Balaban J connectivity index is 2.32. The first-order valence-electron chi connectivity index (χ1n) is 5.99. The molecule has 1 rings (SSSR count). The zero-order chi connectivity index (χ0) is 11.3. The minimum atomic E-state index is -0.0526. The van der Waals surface area contributed by atoms with Crippen LogP contribution in [0.3, 0.4) is 0 Å². The molecule has 1 aliphatic rings. The number of carbonyl (C=O) groups is 1. The molecule has 3 nitrogen and oxygen atoms in total. The van der Waals surface area contributed by atoms with Crippen LogP contribution in [0.15, 0.2) is 0 Å². The Labute approximate surface area is 93.0 Å². The smallest absolute Gasteiger partial charge is 0.234 e. The molecule has 0 spiro atoms. The quantitative estimate of drug-likeness (QED) is 0.728. The van der Waals surface area contributed by atoms with Gasteiger partial charge >= 0.3 is 0 Å². The van der Waals surface area contributed by atoms with Crippen LogP contribution < -0.4 is 10.6 Å². The van der Waals surface area contributed by atoms with Crippen molar-refractivity contribution >= 4 is 5.91 Å². The van der Waals surface area contributed by atoms with Crippen molar-refractivity contribution in [1.29, 1.82) is 0 Å². The first-order chi connectivity index (χ1) is 7.03. The van der Waals surface area contributed by atoms with Crippen molar-refractivity contribution in [2.24, 2.45) is 5.92 Å². The second-order valence-electron chi connectivity index (χ2n) is 5.32. The van der Waals surface area contributed by atoms with E-state index < -0.39 is 0 Å². The van der Waals surface area contributed by atoms with Gasteiger partial charge in [-0.05, 0) is 33.2 Å². The fourth-order valence-corrected chi connectivity index (χ4v) is 2.57. The van der Waals surface area contributed by atoms with Crippen molar-refractivity contribution in [3.8, 4) is 0 Å². The molecular weight excluding hydrogens is 188 g/mol. The molecule has 0 aromatic rings. The highest BCUT2D eigenvalue weighted by Gasteiger charge is 2.26. The molecule has 1 aliphatic carbocycles. The third kappa shape index (κ3) is 4.65. The summed E-state index contributed by atoms with van der Waals surface area (Å²) in [7, 11) is 1.80. The van der Waals surface area contributed by atoms with Gasteiger partial charge in [-0.1, -0.05) is 25.7 Å². The summed E-state index contributed by atoms with van der Waals surface area (Å²) in [6.07, 6.45) is 6.52. The van der Waals surface area contributed by atoms with Gasteiger partial charge < -0.3 is 10.6 Å². The van der Waals surface area contributed by atoms with E-state index in [-0.39, 0.29) is 11.4 Å². The largest absolute Gasteiger partial charge is 0.350 e. The van der Waals surface area contributed by atoms with Gasteiger partial charge in [-0.25, -0.2) is 0 Å². The number of hydrogen-bond donors (Lipinski definition) is 2. The van der Waals surface area contributed by atoms with Gasteiger partial charge in [-0.15, -0.1) is 0 Å². The molecule has 0 bridgehead atoms. The summed E-state index contributed by atoms with van der Waals surface area (Å²) in [6.45, 7) is 4.66. The summed E-state index contributed by atoms with van der Waals surface area (Å²) < 4.78 is 0. The standard InChI is InChI=1S/C12H24N2O/c1-12(2,14-11(15)9-13-3)8-10-6-4-5-7-10/h10,13H,4-9H2,1-3H3,(H,14,15). The monoisotopic (exact) mass is 212 g/mol. The van der Waals surface area contributed by atoms with Crippen LogP contribution in [0, 0.1) is 5.92 Å². The van der Waals surface area contributed by atoms with Crippen LogP contribution in [0.2, 0.25) is 0 Å². The van der Waals surface area contributed by atoms with Crippen LogP contribution in [0.5, 0.6) is 0 Å². The normalized spacial score (nSPS) is 18.1. The summed E-state index contributed by atoms with van der Waals surface area (Å²) in [5, 5.41) is 5.95. The molecule has 0 unspecified atom stereocenters. The maximum atomic E-state index is 11.5. The van der Waals surface area contributed by atoms with Crippen LogP contribution in [-0.4, -0.2) is 25.0 Å². The van der Waals surface area contributed by atoms with E-state index in [1.807, 2.05) is 0 Å². The Morgan fingerprint density at radius 1 is 1.33 bits per heavy atom. The third-order valence-electron chi connectivity index (χ3n) is 3.09. The summed E-state index contributed by atoms with van der Waals surface area (Å²) in [5.41, 5.74) is -0.0526. The first-order valence-corrected chi connectivity index (χ1v) is 5.99. The molecule has 0 saturated heterocycles. The van der Waals surface area contributed by atoms with Crippen molar-refractivity contribution in [3.63, 3.8) is 0 Å². The van der Waals surface area contributed by atoms with Crippen LogP contribution in [0.1, 0.15) is 46.0 Å². The lowest BCUT2D eigenvalue weighted by atomic mass is 9.89. The molecule has 0 atom stereocenters. The molecule has 0 aliphatic heterocycles. The SMILES string of the molecule is CNCC(=O)NC(C)(C)CC1CCCC1. The zero-order valence-corrected chi connectivity index (χ0v) is 10.2. The summed E-state index contributed by atoms with van der Waals surface area (Å²) in [5.74, 6) is 0.912. The average Bonchev–Trinajstić information content (AvgIpc) is 2.54. The molecule has 3 heteroatoms. The van der Waals surface area contributed by atoms with Crippen molar-refractivity contribution < 1.29 is 4.79 Å². The number of hydrogen-bond acceptors (Lipinski definition) is 2. The second kappa shape index (κ2) is 5.50. The van der Waals surface area contributed by atoms with E-state index in [4.69, 9.17) is 0 Å². The third-order valence-corrected chi connectivity index (χ3v) is 3.09. The molecule has 0 aromatic carbocycles. The van der Waals surface area contributed by atoms with Crippen molar-refractivity contribution in [2.45, 2.75) is 51.5 Å². The number of nitrogens with one attached hydrogen (secondary N) is 2. The van der Waals surface area contributed by atoms with Crippen LogP contribution in [-0.2, 0) is 4.79 Å². The highest BCUT2D eigenvalue weighted by molar-refractivity contribution is 5.78. The van der Waals surface area contributed by atoms with Crippen LogP contribution >= 0.6 is 0 Å². The second-order valence-corrected chi connectivity index (χ2v) is 5.32. The fraction of sp³-hybridized carbons (Fsp3) is 0.917.